The van der Waals surface area contributed by atoms with Crippen molar-refractivity contribution in [1.82, 2.24) is 9.62 Å². The summed E-state index contributed by atoms with van der Waals surface area (Å²) >= 11 is 0. The average Bonchev–Trinajstić information content (AvgIpc) is 3.02. The SMILES string of the molecule is CC1CC(NS(=O)(=O)C2CC2)CN1C(=O)OC(C)(C)C. The number of nitrogens with zero attached hydrogens (tertiary/aromatic N) is 1. The quantitative estimate of drug-likeness (QED) is 0.856. The molecule has 20 heavy (non-hydrogen) atoms. The van der Waals surface area contributed by atoms with Crippen molar-refractivity contribution < 1.29 is 17.9 Å². The maximum Gasteiger partial charge on any atom is 0.410 e. The van der Waals surface area contributed by atoms with Crippen molar-refractivity contribution in [3.63, 3.8) is 0 Å². The molecule has 2 unspecified atom stereocenters. The minimum atomic E-state index is -3.21. The molecule has 0 spiro atoms. The minimum absolute atomic E-state index is 0.0169. The molecule has 1 N–H and O–H groups in total. The Hall–Kier alpha value is -0.820. The highest BCUT2D eigenvalue weighted by molar-refractivity contribution is 7.90. The molecule has 0 bridgehead atoms. The summed E-state index contributed by atoms with van der Waals surface area (Å²) in [4.78, 5) is 13.7. The van der Waals surface area contributed by atoms with Crippen LogP contribution in [-0.4, -0.2) is 48.9 Å². The van der Waals surface area contributed by atoms with E-state index in [1.165, 1.54) is 0 Å². The fraction of sp³-hybridized carbons (Fsp3) is 0.923. The number of hydrogen-bond donors (Lipinski definition) is 1. The molecular formula is C13H24N2O4S. The summed E-state index contributed by atoms with van der Waals surface area (Å²) in [6, 6.07) is -0.222. The Morgan fingerprint density at radius 1 is 1.30 bits per heavy atom. The summed E-state index contributed by atoms with van der Waals surface area (Å²) in [7, 11) is -3.21. The minimum Gasteiger partial charge on any atom is -0.444 e. The van der Waals surface area contributed by atoms with Crippen molar-refractivity contribution in [3.8, 4) is 0 Å². The third-order valence-electron chi connectivity index (χ3n) is 3.50. The lowest BCUT2D eigenvalue weighted by Gasteiger charge is -2.26. The Morgan fingerprint density at radius 3 is 2.40 bits per heavy atom. The highest BCUT2D eigenvalue weighted by Gasteiger charge is 2.41. The van der Waals surface area contributed by atoms with Crippen molar-refractivity contribution in [1.29, 1.82) is 0 Å². The zero-order chi connectivity index (χ0) is 15.1. The Kier molecular flexibility index (Phi) is 4.03. The molecule has 1 heterocycles. The van der Waals surface area contributed by atoms with Gasteiger partial charge in [0.2, 0.25) is 10.0 Å². The number of hydrogen-bond acceptors (Lipinski definition) is 4. The fourth-order valence-electron chi connectivity index (χ4n) is 2.40. The lowest BCUT2D eigenvalue weighted by Crippen LogP contribution is -2.42. The van der Waals surface area contributed by atoms with Crippen LogP contribution in [0.1, 0.15) is 47.0 Å². The van der Waals surface area contributed by atoms with Crippen LogP contribution in [0.3, 0.4) is 0 Å². The lowest BCUT2D eigenvalue weighted by atomic mass is 10.2. The molecule has 2 aliphatic rings. The van der Waals surface area contributed by atoms with Gasteiger partial charge in [-0.3, -0.25) is 0 Å². The van der Waals surface area contributed by atoms with Crippen LogP contribution in [0.4, 0.5) is 4.79 Å². The zero-order valence-corrected chi connectivity index (χ0v) is 13.4. The number of rotatable bonds is 3. The Bertz CT molecular complexity index is 479. The first kappa shape index (κ1) is 15.6. The third-order valence-corrected chi connectivity index (χ3v) is 5.51. The molecule has 2 atom stereocenters. The molecule has 0 aromatic heterocycles. The van der Waals surface area contributed by atoms with Gasteiger partial charge in [0.1, 0.15) is 5.60 Å². The lowest BCUT2D eigenvalue weighted by molar-refractivity contribution is 0.0236. The monoisotopic (exact) mass is 304 g/mol. The van der Waals surface area contributed by atoms with Gasteiger partial charge in [-0.25, -0.2) is 17.9 Å². The van der Waals surface area contributed by atoms with Gasteiger partial charge >= 0.3 is 6.09 Å². The first-order valence-electron chi connectivity index (χ1n) is 7.09. The molecule has 6 nitrogen and oxygen atoms in total. The fourth-order valence-corrected chi connectivity index (χ4v) is 3.98. The molecule has 1 aliphatic heterocycles. The van der Waals surface area contributed by atoms with Crippen molar-refractivity contribution in [2.45, 2.75) is 69.9 Å². The van der Waals surface area contributed by atoms with Crippen molar-refractivity contribution in [3.05, 3.63) is 0 Å². The molecule has 116 valence electrons. The summed E-state index contributed by atoms with van der Waals surface area (Å²) in [5, 5.41) is -0.228. The van der Waals surface area contributed by atoms with E-state index in [-0.39, 0.29) is 23.4 Å². The molecule has 0 radical (unpaired) electrons. The largest absolute Gasteiger partial charge is 0.444 e. The number of carbonyl (C=O) groups excluding carboxylic acids is 1. The van der Waals surface area contributed by atoms with Crippen LogP contribution >= 0.6 is 0 Å². The molecular weight excluding hydrogens is 280 g/mol. The first-order valence-corrected chi connectivity index (χ1v) is 8.64. The smallest absolute Gasteiger partial charge is 0.410 e. The first-order chi connectivity index (χ1) is 9.08. The standard InChI is InChI=1S/C13H24N2O4S/c1-9-7-10(14-20(17,18)11-5-6-11)8-15(9)12(16)19-13(2,3)4/h9-11,14H,5-8H2,1-4H3. The average molecular weight is 304 g/mol. The highest BCUT2D eigenvalue weighted by atomic mass is 32.2. The van der Waals surface area contributed by atoms with Crippen LogP contribution in [0.15, 0.2) is 0 Å². The van der Waals surface area contributed by atoms with Gasteiger partial charge in [0, 0.05) is 18.6 Å². The zero-order valence-electron chi connectivity index (χ0n) is 12.5. The van der Waals surface area contributed by atoms with Crippen LogP contribution < -0.4 is 4.72 Å². The summed E-state index contributed by atoms with van der Waals surface area (Å²) in [5.41, 5.74) is -0.539. The van der Waals surface area contributed by atoms with Crippen molar-refractivity contribution in [2.24, 2.45) is 0 Å². The normalized spacial score (nSPS) is 27.7. The maximum atomic E-state index is 12.1. The molecule has 1 saturated carbocycles. The molecule has 0 aromatic carbocycles. The van der Waals surface area contributed by atoms with Gasteiger partial charge in [-0.05, 0) is 47.0 Å². The van der Waals surface area contributed by atoms with Crippen LogP contribution in [0.25, 0.3) is 0 Å². The van der Waals surface area contributed by atoms with Crippen molar-refractivity contribution >= 4 is 16.1 Å². The van der Waals surface area contributed by atoms with E-state index in [1.54, 1.807) is 4.90 Å². The van der Waals surface area contributed by atoms with E-state index in [2.05, 4.69) is 4.72 Å². The van der Waals surface area contributed by atoms with Crippen LogP contribution in [-0.2, 0) is 14.8 Å². The second-order valence-electron chi connectivity index (χ2n) is 6.78. The van der Waals surface area contributed by atoms with E-state index >= 15 is 0 Å². The van der Waals surface area contributed by atoms with E-state index in [0.29, 0.717) is 13.0 Å². The predicted molar refractivity (Wildman–Crippen MR) is 75.9 cm³/mol. The van der Waals surface area contributed by atoms with Gasteiger partial charge in [0.05, 0.1) is 5.25 Å². The molecule has 0 aromatic rings. The van der Waals surface area contributed by atoms with E-state index < -0.39 is 15.6 Å². The van der Waals surface area contributed by atoms with E-state index in [1.807, 2.05) is 27.7 Å². The van der Waals surface area contributed by atoms with Gasteiger partial charge in [0.25, 0.3) is 0 Å². The molecule has 2 rings (SSSR count). The Labute approximate surface area is 120 Å². The van der Waals surface area contributed by atoms with Gasteiger partial charge in [0.15, 0.2) is 0 Å². The van der Waals surface area contributed by atoms with E-state index in [0.717, 1.165) is 12.8 Å². The number of sulfonamides is 1. The number of nitrogens with one attached hydrogen (secondary N) is 1. The van der Waals surface area contributed by atoms with Crippen LogP contribution in [0, 0.1) is 0 Å². The second-order valence-corrected chi connectivity index (χ2v) is 8.77. The van der Waals surface area contributed by atoms with Gasteiger partial charge in [-0.2, -0.15) is 0 Å². The molecule has 2 fully saturated rings. The number of amides is 1. The number of likely N-dealkylation sites (tertiary alicyclic amines) is 1. The Morgan fingerprint density at radius 2 is 1.90 bits per heavy atom. The molecule has 1 aliphatic carbocycles. The van der Waals surface area contributed by atoms with Crippen LogP contribution in [0.5, 0.6) is 0 Å². The summed E-state index contributed by atoms with van der Waals surface area (Å²) in [6.07, 6.45) is 1.74. The van der Waals surface area contributed by atoms with E-state index in [9.17, 15) is 13.2 Å². The molecule has 7 heteroatoms. The summed E-state index contributed by atoms with van der Waals surface area (Å²) in [6.45, 7) is 7.74. The topological polar surface area (TPSA) is 75.7 Å². The summed E-state index contributed by atoms with van der Waals surface area (Å²) in [5.74, 6) is 0. The molecule has 1 saturated heterocycles. The van der Waals surface area contributed by atoms with E-state index in [4.69, 9.17) is 4.74 Å². The second kappa shape index (κ2) is 5.18. The predicted octanol–water partition coefficient (Wildman–Crippen LogP) is 1.47. The van der Waals surface area contributed by atoms with Gasteiger partial charge < -0.3 is 9.64 Å². The van der Waals surface area contributed by atoms with Gasteiger partial charge in [-0.1, -0.05) is 0 Å². The number of ether oxygens (including phenoxy) is 1. The highest BCUT2D eigenvalue weighted by Crippen LogP contribution is 2.29. The van der Waals surface area contributed by atoms with Gasteiger partial charge in [-0.15, -0.1) is 0 Å². The Balaban J connectivity index is 1.93. The number of carbonyl (C=O) groups is 1. The van der Waals surface area contributed by atoms with Crippen molar-refractivity contribution in [2.75, 3.05) is 6.54 Å². The summed E-state index contributed by atoms with van der Waals surface area (Å²) < 4.78 is 31.9. The maximum absolute atomic E-state index is 12.1. The van der Waals surface area contributed by atoms with Crippen LogP contribution in [0.2, 0.25) is 0 Å². The third kappa shape index (κ3) is 3.85. The molecule has 1 amide bonds.